The van der Waals surface area contributed by atoms with Gasteiger partial charge in [-0.3, -0.25) is 14.7 Å². The predicted molar refractivity (Wildman–Crippen MR) is 151 cm³/mol. The number of benzene rings is 2. The first kappa shape index (κ1) is 27.4. The third-order valence-corrected chi connectivity index (χ3v) is 9.44. The van der Waals surface area contributed by atoms with Crippen LogP contribution in [0.5, 0.6) is 0 Å². The number of nitrogens with zero attached hydrogens (tertiary/aromatic N) is 1. The summed E-state index contributed by atoms with van der Waals surface area (Å²) in [5, 5.41) is 19.0. The van der Waals surface area contributed by atoms with E-state index in [-0.39, 0.29) is 28.0 Å². The van der Waals surface area contributed by atoms with Crippen molar-refractivity contribution in [3.63, 3.8) is 0 Å². The van der Waals surface area contributed by atoms with Crippen molar-refractivity contribution in [2.45, 2.75) is 60.0 Å². The first-order valence-corrected chi connectivity index (χ1v) is 13.4. The molecule has 2 unspecified atom stereocenters. The Morgan fingerprint density at radius 3 is 2.50 bits per heavy atom. The SMILES string of the molecule is CC1=C(C(=O)Nc2ccc3[nH]ncc3c2)C(c2ccc(F)c(C(=O)NC3C[C@@H](C)C(C)(C)C3(C)C)c2)NC(=O)N1. The molecule has 210 valence electrons. The zero-order valence-corrected chi connectivity index (χ0v) is 23.5. The molecule has 5 N–H and O–H groups in total. The molecule has 0 saturated heterocycles. The Balaban J connectivity index is 1.43. The molecule has 2 aliphatic rings. The molecule has 1 saturated carbocycles. The highest BCUT2D eigenvalue weighted by atomic mass is 19.1. The van der Waals surface area contributed by atoms with Gasteiger partial charge in [-0.2, -0.15) is 5.10 Å². The molecule has 1 aromatic heterocycles. The van der Waals surface area contributed by atoms with Gasteiger partial charge < -0.3 is 21.3 Å². The van der Waals surface area contributed by atoms with Crippen LogP contribution >= 0.6 is 0 Å². The van der Waals surface area contributed by atoms with E-state index >= 15 is 4.39 Å². The van der Waals surface area contributed by atoms with Crippen LogP contribution in [-0.4, -0.2) is 34.1 Å². The summed E-state index contributed by atoms with van der Waals surface area (Å²) in [5.74, 6) is -1.28. The molecule has 4 amide bonds. The Morgan fingerprint density at radius 2 is 1.80 bits per heavy atom. The number of allylic oxidation sites excluding steroid dienone is 1. The number of fused-ring (bicyclic) bond motifs is 1. The fraction of sp³-hybridized carbons (Fsp3) is 0.400. The molecule has 0 spiro atoms. The molecule has 5 rings (SSSR count). The number of hydrogen-bond acceptors (Lipinski definition) is 4. The van der Waals surface area contributed by atoms with Crippen molar-refractivity contribution in [3.8, 4) is 0 Å². The van der Waals surface area contributed by atoms with Gasteiger partial charge >= 0.3 is 6.03 Å². The van der Waals surface area contributed by atoms with E-state index in [2.05, 4.69) is 66.1 Å². The number of urea groups is 1. The molecule has 9 nitrogen and oxygen atoms in total. The van der Waals surface area contributed by atoms with Crippen molar-refractivity contribution in [2.24, 2.45) is 16.7 Å². The molecule has 0 bridgehead atoms. The van der Waals surface area contributed by atoms with Gasteiger partial charge in [0.25, 0.3) is 11.8 Å². The van der Waals surface area contributed by atoms with Crippen LogP contribution in [0.4, 0.5) is 14.9 Å². The summed E-state index contributed by atoms with van der Waals surface area (Å²) in [6, 6.07) is 7.87. The lowest BCUT2D eigenvalue weighted by Crippen LogP contribution is -2.47. The number of hydrogen-bond donors (Lipinski definition) is 5. The highest BCUT2D eigenvalue weighted by Crippen LogP contribution is 2.55. The largest absolute Gasteiger partial charge is 0.349 e. The smallest absolute Gasteiger partial charge is 0.319 e. The fourth-order valence-corrected chi connectivity index (χ4v) is 5.86. The molecule has 1 aliphatic heterocycles. The van der Waals surface area contributed by atoms with Gasteiger partial charge in [0.1, 0.15) is 5.82 Å². The Labute approximate surface area is 232 Å². The summed E-state index contributed by atoms with van der Waals surface area (Å²) in [5.41, 5.74) is 2.03. The van der Waals surface area contributed by atoms with Crippen LogP contribution < -0.4 is 21.3 Å². The highest BCUT2D eigenvalue weighted by Gasteiger charge is 2.53. The Bertz CT molecular complexity index is 1560. The number of carbonyl (C=O) groups is 3. The van der Waals surface area contributed by atoms with E-state index in [1.54, 1.807) is 31.3 Å². The van der Waals surface area contributed by atoms with Crippen molar-refractivity contribution in [1.82, 2.24) is 26.1 Å². The van der Waals surface area contributed by atoms with E-state index < -0.39 is 29.7 Å². The third kappa shape index (κ3) is 4.61. The van der Waals surface area contributed by atoms with E-state index in [0.717, 1.165) is 17.3 Å². The third-order valence-electron chi connectivity index (χ3n) is 9.44. The van der Waals surface area contributed by atoms with Gasteiger partial charge in [0.05, 0.1) is 28.9 Å². The summed E-state index contributed by atoms with van der Waals surface area (Å²) < 4.78 is 15.0. The zero-order valence-electron chi connectivity index (χ0n) is 23.5. The van der Waals surface area contributed by atoms with Gasteiger partial charge in [-0.25, -0.2) is 9.18 Å². The van der Waals surface area contributed by atoms with E-state index in [9.17, 15) is 14.4 Å². The van der Waals surface area contributed by atoms with Crippen molar-refractivity contribution in [2.75, 3.05) is 5.32 Å². The second-order valence-electron chi connectivity index (χ2n) is 12.0. The highest BCUT2D eigenvalue weighted by molar-refractivity contribution is 6.07. The van der Waals surface area contributed by atoms with Gasteiger partial charge in [-0.15, -0.1) is 0 Å². The van der Waals surface area contributed by atoms with Crippen LogP contribution in [0.25, 0.3) is 10.9 Å². The minimum absolute atomic E-state index is 0.0164. The van der Waals surface area contributed by atoms with Crippen molar-refractivity contribution < 1.29 is 18.8 Å². The number of amides is 4. The van der Waals surface area contributed by atoms with Crippen LogP contribution in [-0.2, 0) is 4.79 Å². The number of anilines is 1. The summed E-state index contributed by atoms with van der Waals surface area (Å²) >= 11 is 0. The number of carbonyl (C=O) groups excluding carboxylic acids is 3. The first-order chi connectivity index (χ1) is 18.8. The monoisotopic (exact) mass is 546 g/mol. The van der Waals surface area contributed by atoms with E-state index in [1.807, 2.05) is 0 Å². The van der Waals surface area contributed by atoms with Gasteiger partial charge in [-0.1, -0.05) is 40.7 Å². The number of aromatic amines is 1. The molecule has 2 aromatic carbocycles. The summed E-state index contributed by atoms with van der Waals surface area (Å²) in [6.45, 7) is 12.4. The zero-order chi connectivity index (χ0) is 29.0. The first-order valence-electron chi connectivity index (χ1n) is 13.4. The summed E-state index contributed by atoms with van der Waals surface area (Å²) in [4.78, 5) is 39.3. The molecule has 3 aromatic rings. The maximum absolute atomic E-state index is 15.0. The van der Waals surface area contributed by atoms with Gasteiger partial charge in [0.2, 0.25) is 0 Å². The second kappa shape index (κ2) is 9.76. The lowest BCUT2D eigenvalue weighted by Gasteiger charge is -2.41. The summed E-state index contributed by atoms with van der Waals surface area (Å²) in [6.07, 6.45) is 2.44. The molecule has 40 heavy (non-hydrogen) atoms. The number of aromatic nitrogens is 2. The second-order valence-corrected chi connectivity index (χ2v) is 12.0. The van der Waals surface area contributed by atoms with Crippen molar-refractivity contribution >= 4 is 34.4 Å². The van der Waals surface area contributed by atoms with Crippen LogP contribution in [0.1, 0.15) is 69.9 Å². The maximum Gasteiger partial charge on any atom is 0.319 e. The molecule has 1 aliphatic carbocycles. The number of halogens is 1. The quantitative estimate of drug-likeness (QED) is 0.303. The van der Waals surface area contributed by atoms with E-state index in [4.69, 9.17) is 0 Å². The standard InChI is InChI=1S/C30H35FN6O3/c1-15-11-23(30(5,6)29(15,3)4)35-26(38)20-13-17(7-9-21(20)31)25-24(16(2)33-28(40)36-25)27(39)34-19-8-10-22-18(12-19)14-32-37-22/h7-10,12-15,23,25H,11H2,1-6H3,(H,32,37)(H,34,39)(H,35,38)(H2,33,36,40)/t15-,23?,25?/m1/s1. The number of nitrogens with one attached hydrogen (secondary N) is 5. The molecule has 3 atom stereocenters. The minimum Gasteiger partial charge on any atom is -0.349 e. The normalized spacial score (nSPS) is 23.5. The van der Waals surface area contributed by atoms with Gasteiger partial charge in [-0.05, 0) is 66.0 Å². The maximum atomic E-state index is 15.0. The Kier molecular flexibility index (Phi) is 6.68. The van der Waals surface area contributed by atoms with Crippen LogP contribution in [0.15, 0.2) is 53.9 Å². The lowest BCUT2D eigenvalue weighted by molar-refractivity contribution is -0.113. The molecule has 10 heteroatoms. The topological polar surface area (TPSA) is 128 Å². The average molecular weight is 547 g/mol. The fourth-order valence-electron chi connectivity index (χ4n) is 5.86. The molecule has 0 radical (unpaired) electrons. The summed E-state index contributed by atoms with van der Waals surface area (Å²) in [7, 11) is 0. The van der Waals surface area contributed by atoms with Gasteiger partial charge in [0.15, 0.2) is 0 Å². The predicted octanol–water partition coefficient (Wildman–Crippen LogP) is 5.16. The average Bonchev–Trinajstić information content (AvgIpc) is 3.40. The van der Waals surface area contributed by atoms with Crippen molar-refractivity contribution in [3.05, 3.63) is 70.8 Å². The minimum atomic E-state index is -0.902. The van der Waals surface area contributed by atoms with E-state index in [1.165, 1.54) is 18.2 Å². The molecular formula is C30H35FN6O3. The van der Waals surface area contributed by atoms with Crippen LogP contribution in [0.3, 0.4) is 0 Å². The van der Waals surface area contributed by atoms with Crippen LogP contribution in [0, 0.1) is 22.6 Å². The molecule has 2 heterocycles. The van der Waals surface area contributed by atoms with Crippen molar-refractivity contribution in [1.29, 1.82) is 0 Å². The molecule has 1 fully saturated rings. The van der Waals surface area contributed by atoms with Gasteiger partial charge in [0, 0.05) is 22.8 Å². The lowest BCUT2D eigenvalue weighted by atomic mass is 9.66. The number of rotatable bonds is 5. The van der Waals surface area contributed by atoms with E-state index in [0.29, 0.717) is 22.9 Å². The molecular weight excluding hydrogens is 511 g/mol. The van der Waals surface area contributed by atoms with Crippen LogP contribution in [0.2, 0.25) is 0 Å². The Hall–Kier alpha value is -4.21. The number of H-pyrrole nitrogens is 1. The Morgan fingerprint density at radius 1 is 1.05 bits per heavy atom.